The molecule has 3 saturated heterocycles. The molecule has 3 heterocycles. The van der Waals surface area contributed by atoms with Crippen molar-refractivity contribution in [2.75, 3.05) is 39.3 Å². The first-order chi connectivity index (χ1) is 22.9. The van der Waals surface area contributed by atoms with E-state index in [2.05, 4.69) is 35.2 Å². The third-order valence-electron chi connectivity index (χ3n) is 10.8. The number of aliphatic carboxylic acids is 1. The molecule has 0 bridgehead atoms. The van der Waals surface area contributed by atoms with Gasteiger partial charge in [0, 0.05) is 69.6 Å². The molecule has 1 saturated carbocycles. The summed E-state index contributed by atoms with van der Waals surface area (Å²) in [6.07, 6.45) is 4.92. The Hall–Kier alpha value is -3.60. The highest BCUT2D eigenvalue weighted by molar-refractivity contribution is 5.97. The zero-order chi connectivity index (χ0) is 34.5. The first-order valence-electron chi connectivity index (χ1n) is 17.3. The summed E-state index contributed by atoms with van der Waals surface area (Å²) in [4.78, 5) is 42.3. The number of hydrogen-bond donors (Lipinski definition) is 1. The Morgan fingerprint density at radius 3 is 2.02 bits per heavy atom. The van der Waals surface area contributed by atoms with Crippen molar-refractivity contribution in [2.45, 2.75) is 95.4 Å². The minimum Gasteiger partial charge on any atom is -0.475 e. The molecule has 4 fully saturated rings. The summed E-state index contributed by atoms with van der Waals surface area (Å²) in [5, 5.41) is 7.12. The van der Waals surface area contributed by atoms with Gasteiger partial charge >= 0.3 is 18.2 Å². The molecule has 1 N–H and O–H groups in total. The van der Waals surface area contributed by atoms with Gasteiger partial charge in [0.05, 0.1) is 0 Å². The molecule has 11 heteroatoms. The van der Waals surface area contributed by atoms with Crippen LogP contribution in [0.15, 0.2) is 48.5 Å². The molecule has 2 aromatic carbocycles. The number of carboxylic acids is 1. The normalized spacial score (nSPS) is 22.5. The highest BCUT2D eigenvalue weighted by Crippen LogP contribution is 2.45. The fraction of sp³-hybridized carbons (Fsp3) is 0.595. The van der Waals surface area contributed by atoms with E-state index >= 15 is 0 Å². The third-order valence-corrected chi connectivity index (χ3v) is 10.8. The minimum absolute atomic E-state index is 0.102. The lowest BCUT2D eigenvalue weighted by molar-refractivity contribution is -0.192. The Labute approximate surface area is 281 Å². The van der Waals surface area contributed by atoms with E-state index in [4.69, 9.17) is 14.6 Å². The third kappa shape index (κ3) is 8.33. The molecule has 1 spiro atoms. The van der Waals surface area contributed by atoms with Crippen molar-refractivity contribution in [3.05, 3.63) is 70.8 Å². The lowest BCUT2D eigenvalue weighted by Crippen LogP contribution is -2.60. The van der Waals surface area contributed by atoms with E-state index in [1.165, 1.54) is 37.7 Å². The number of rotatable bonds is 5. The second-order valence-electron chi connectivity index (χ2n) is 13.9. The zero-order valence-electron chi connectivity index (χ0n) is 28.0. The number of likely N-dealkylation sites (tertiary alicyclic amines) is 2. The molecule has 262 valence electrons. The Morgan fingerprint density at radius 2 is 1.46 bits per heavy atom. The van der Waals surface area contributed by atoms with Crippen molar-refractivity contribution in [1.82, 2.24) is 14.7 Å². The van der Waals surface area contributed by atoms with Gasteiger partial charge in [0.1, 0.15) is 5.60 Å². The second kappa shape index (κ2) is 15.3. The summed E-state index contributed by atoms with van der Waals surface area (Å²) in [6.45, 7) is 9.15. The van der Waals surface area contributed by atoms with Gasteiger partial charge in [-0.25, -0.2) is 9.59 Å². The van der Waals surface area contributed by atoms with Gasteiger partial charge in [-0.2, -0.15) is 13.2 Å². The molecule has 2 aromatic rings. The topological polar surface area (TPSA) is 90.4 Å². The van der Waals surface area contributed by atoms with E-state index in [0.29, 0.717) is 12.0 Å². The molecule has 0 aromatic heterocycles. The van der Waals surface area contributed by atoms with Crippen LogP contribution in [-0.2, 0) is 9.53 Å². The molecule has 1 atom stereocenters. The first-order valence-corrected chi connectivity index (χ1v) is 17.3. The first kappa shape index (κ1) is 35.7. The largest absolute Gasteiger partial charge is 0.490 e. The summed E-state index contributed by atoms with van der Waals surface area (Å²) in [5.41, 5.74) is 3.85. The minimum atomic E-state index is -5.08. The highest BCUT2D eigenvalue weighted by Gasteiger charge is 2.51. The summed E-state index contributed by atoms with van der Waals surface area (Å²) in [5.74, 6) is -1.78. The molecular formula is C37H48F3N3O5. The van der Waals surface area contributed by atoms with Crippen LogP contribution in [0.25, 0.3) is 0 Å². The number of amides is 2. The van der Waals surface area contributed by atoms with Crippen LogP contribution >= 0.6 is 0 Å². The van der Waals surface area contributed by atoms with Crippen molar-refractivity contribution in [3.63, 3.8) is 0 Å². The van der Waals surface area contributed by atoms with Gasteiger partial charge in [0.25, 0.3) is 5.91 Å². The smallest absolute Gasteiger partial charge is 0.475 e. The summed E-state index contributed by atoms with van der Waals surface area (Å²) in [6, 6.07) is 17.3. The number of carboxylic acid groups (broad SMARTS) is 1. The quantitative estimate of drug-likeness (QED) is 0.362. The van der Waals surface area contributed by atoms with Crippen molar-refractivity contribution in [2.24, 2.45) is 5.92 Å². The van der Waals surface area contributed by atoms with Crippen LogP contribution < -0.4 is 0 Å². The molecule has 2 amide bonds. The number of carbonyl (C=O) groups excluding carboxylic acids is 2. The second-order valence-corrected chi connectivity index (χ2v) is 13.9. The Balaban J connectivity index is 0.000000582. The van der Waals surface area contributed by atoms with Crippen LogP contribution in [0.4, 0.5) is 18.0 Å². The molecule has 3 aliphatic heterocycles. The van der Waals surface area contributed by atoms with Gasteiger partial charge in [-0.15, -0.1) is 0 Å². The van der Waals surface area contributed by atoms with Crippen molar-refractivity contribution in [1.29, 1.82) is 0 Å². The SMILES string of the molecule is Cc1cccc(C)c1C(=O)N1CCC(N2CCC3(CC2)OC(=O)N(CC2CCCCC2)CC3c2ccccc2)CC1.O=C(O)C(F)(F)F. The Bertz CT molecular complexity index is 1390. The number of piperidine rings is 2. The molecule has 0 radical (unpaired) electrons. The van der Waals surface area contributed by atoms with E-state index in [0.717, 1.165) is 81.6 Å². The van der Waals surface area contributed by atoms with Crippen LogP contribution in [0.5, 0.6) is 0 Å². The van der Waals surface area contributed by atoms with Crippen LogP contribution in [-0.4, -0.2) is 94.9 Å². The zero-order valence-corrected chi connectivity index (χ0v) is 28.0. The lowest BCUT2D eigenvalue weighted by Gasteiger charge is -2.52. The fourth-order valence-electron chi connectivity index (χ4n) is 8.16. The summed E-state index contributed by atoms with van der Waals surface area (Å²) >= 11 is 0. The van der Waals surface area contributed by atoms with E-state index in [1.54, 1.807) is 0 Å². The maximum absolute atomic E-state index is 13.4. The number of ether oxygens (including phenoxy) is 1. The number of hydrogen-bond acceptors (Lipinski definition) is 5. The summed E-state index contributed by atoms with van der Waals surface area (Å²) < 4.78 is 38.2. The Morgan fingerprint density at radius 1 is 0.875 bits per heavy atom. The van der Waals surface area contributed by atoms with E-state index in [-0.39, 0.29) is 17.9 Å². The predicted molar refractivity (Wildman–Crippen MR) is 176 cm³/mol. The van der Waals surface area contributed by atoms with E-state index < -0.39 is 17.7 Å². The fourth-order valence-corrected chi connectivity index (χ4v) is 8.16. The van der Waals surface area contributed by atoms with Crippen LogP contribution in [0, 0.1) is 19.8 Å². The average molecular weight is 672 g/mol. The lowest BCUT2D eigenvalue weighted by atomic mass is 9.74. The number of carbonyl (C=O) groups is 3. The highest BCUT2D eigenvalue weighted by atomic mass is 19.4. The number of benzene rings is 2. The van der Waals surface area contributed by atoms with Gasteiger partial charge in [-0.05, 0) is 62.1 Å². The number of halogens is 3. The Kier molecular flexibility index (Phi) is 11.4. The molecule has 48 heavy (non-hydrogen) atoms. The van der Waals surface area contributed by atoms with Gasteiger partial charge in [-0.3, -0.25) is 9.69 Å². The molecule has 6 rings (SSSR count). The standard InChI is InChI=1S/C35H47N3O3.C2HF3O2/c1-26-10-9-11-27(2)32(26)33(39)37-20-16-30(17-21-37)36-22-18-35(19-23-36)31(29-14-7-4-8-15-29)25-38(34(40)41-35)24-28-12-5-3-6-13-28;3-2(4,5)1(6)7/h4,7-11,14-15,28,30-31H,3,5-6,12-13,16-25H2,1-2H3;(H,6,7). The molecule has 8 nitrogen and oxygen atoms in total. The van der Waals surface area contributed by atoms with Crippen LogP contribution in [0.1, 0.15) is 90.8 Å². The van der Waals surface area contributed by atoms with Gasteiger partial charge in [0.2, 0.25) is 0 Å². The molecule has 4 aliphatic rings. The molecule has 1 unspecified atom stereocenters. The van der Waals surface area contributed by atoms with Crippen LogP contribution in [0.3, 0.4) is 0 Å². The molecule has 1 aliphatic carbocycles. The van der Waals surface area contributed by atoms with Crippen molar-refractivity contribution >= 4 is 18.0 Å². The van der Waals surface area contributed by atoms with Crippen molar-refractivity contribution in [3.8, 4) is 0 Å². The monoisotopic (exact) mass is 671 g/mol. The van der Waals surface area contributed by atoms with Gasteiger partial charge < -0.3 is 19.6 Å². The average Bonchev–Trinajstić information content (AvgIpc) is 3.07. The summed E-state index contributed by atoms with van der Waals surface area (Å²) in [7, 11) is 0. The van der Waals surface area contributed by atoms with E-state index in [9.17, 15) is 22.8 Å². The van der Waals surface area contributed by atoms with Crippen molar-refractivity contribution < 1.29 is 37.4 Å². The number of alkyl halides is 3. The maximum Gasteiger partial charge on any atom is 0.490 e. The van der Waals surface area contributed by atoms with Gasteiger partial charge in [0.15, 0.2) is 0 Å². The predicted octanol–water partition coefficient (Wildman–Crippen LogP) is 7.19. The number of nitrogens with zero attached hydrogens (tertiary/aromatic N) is 3. The molecular weight excluding hydrogens is 623 g/mol. The van der Waals surface area contributed by atoms with Gasteiger partial charge in [-0.1, -0.05) is 67.8 Å². The maximum atomic E-state index is 13.4. The number of aryl methyl sites for hydroxylation is 2. The van der Waals surface area contributed by atoms with Crippen LogP contribution in [0.2, 0.25) is 0 Å². The van der Waals surface area contributed by atoms with E-state index in [1.807, 2.05) is 41.8 Å².